The number of nitrogens with zero attached hydrogens (tertiary/aromatic N) is 1. The summed E-state index contributed by atoms with van der Waals surface area (Å²) >= 11 is 0. The minimum atomic E-state index is -3.24. The predicted molar refractivity (Wildman–Crippen MR) is 62.6 cm³/mol. The van der Waals surface area contributed by atoms with Crippen molar-refractivity contribution < 1.29 is 8.42 Å². The highest BCUT2D eigenvalue weighted by Gasteiger charge is 2.22. The van der Waals surface area contributed by atoms with Crippen LogP contribution in [0.3, 0.4) is 0 Å². The van der Waals surface area contributed by atoms with E-state index < -0.39 is 10.0 Å². The van der Waals surface area contributed by atoms with Gasteiger partial charge in [0.1, 0.15) is 0 Å². The van der Waals surface area contributed by atoms with Gasteiger partial charge in [0.05, 0.1) is 11.4 Å². The summed E-state index contributed by atoms with van der Waals surface area (Å²) in [6.07, 6.45) is 4.06. The Kier molecular flexibility index (Phi) is 3.40. The average Bonchev–Trinajstić information content (AvgIpc) is 2.70. The molecule has 2 N–H and O–H groups in total. The van der Waals surface area contributed by atoms with E-state index in [1.807, 2.05) is 0 Å². The van der Waals surface area contributed by atoms with Gasteiger partial charge < -0.3 is 5.32 Å². The Balaban J connectivity index is 1.97. The van der Waals surface area contributed by atoms with Gasteiger partial charge in [0, 0.05) is 12.4 Å². The van der Waals surface area contributed by atoms with E-state index in [-0.39, 0.29) is 11.7 Å². The molecule has 0 spiro atoms. The first kappa shape index (κ1) is 11.3. The lowest BCUT2D eigenvalue weighted by Gasteiger charge is -2.11. The monoisotopic (exact) mass is 241 g/mol. The minimum absolute atomic E-state index is 0.183. The number of rotatable bonds is 4. The third-order valence-electron chi connectivity index (χ3n) is 2.57. The van der Waals surface area contributed by atoms with Crippen molar-refractivity contribution in [2.24, 2.45) is 5.92 Å². The molecule has 16 heavy (non-hydrogen) atoms. The third kappa shape index (κ3) is 3.18. The molecule has 0 bridgehead atoms. The summed E-state index contributed by atoms with van der Waals surface area (Å²) in [5.74, 6) is 0.404. The van der Waals surface area contributed by atoms with Gasteiger partial charge in [-0.2, -0.15) is 0 Å². The largest absolute Gasteiger partial charge is 0.316 e. The standard InChI is InChI=1S/C10H15N3O2S/c14-16(15,8-9-1-4-12-7-9)13-10-2-5-11-6-3-10/h2-3,5-6,9,12H,1,4,7-8H2,(H,11,13). The summed E-state index contributed by atoms with van der Waals surface area (Å²) in [4.78, 5) is 3.83. The first-order chi connectivity index (χ1) is 7.66. The molecule has 6 heteroatoms. The maximum atomic E-state index is 11.8. The van der Waals surface area contributed by atoms with Gasteiger partial charge in [-0.15, -0.1) is 0 Å². The van der Waals surface area contributed by atoms with E-state index in [4.69, 9.17) is 0 Å². The summed E-state index contributed by atoms with van der Waals surface area (Å²) in [5.41, 5.74) is 0.570. The number of nitrogens with one attached hydrogen (secondary N) is 2. The van der Waals surface area contributed by atoms with Crippen LogP contribution in [0.4, 0.5) is 5.69 Å². The van der Waals surface area contributed by atoms with Crippen LogP contribution in [0.2, 0.25) is 0 Å². The normalized spacial score (nSPS) is 20.9. The molecule has 0 aromatic carbocycles. The Morgan fingerprint density at radius 1 is 1.44 bits per heavy atom. The second-order valence-corrected chi connectivity index (χ2v) is 5.75. The summed E-state index contributed by atoms with van der Waals surface area (Å²) in [7, 11) is -3.24. The Labute approximate surface area is 95.3 Å². The van der Waals surface area contributed by atoms with Crippen molar-refractivity contribution in [2.45, 2.75) is 6.42 Å². The van der Waals surface area contributed by atoms with Crippen LogP contribution in [0.15, 0.2) is 24.5 Å². The second kappa shape index (κ2) is 4.80. The lowest BCUT2D eigenvalue weighted by atomic mass is 10.2. The van der Waals surface area contributed by atoms with Gasteiger partial charge in [0.15, 0.2) is 0 Å². The molecule has 1 atom stereocenters. The molecule has 1 saturated heterocycles. The highest BCUT2D eigenvalue weighted by molar-refractivity contribution is 7.92. The van der Waals surface area contributed by atoms with E-state index >= 15 is 0 Å². The van der Waals surface area contributed by atoms with E-state index in [1.54, 1.807) is 24.5 Å². The van der Waals surface area contributed by atoms with Crippen LogP contribution in [0, 0.1) is 5.92 Å². The highest BCUT2D eigenvalue weighted by Crippen LogP contribution is 2.13. The molecule has 1 aromatic rings. The fraction of sp³-hybridized carbons (Fsp3) is 0.500. The molecular weight excluding hydrogens is 226 g/mol. The summed E-state index contributed by atoms with van der Waals surface area (Å²) in [6.45, 7) is 1.70. The van der Waals surface area contributed by atoms with Gasteiger partial charge >= 0.3 is 0 Å². The van der Waals surface area contributed by atoms with E-state index in [0.717, 1.165) is 19.5 Å². The Morgan fingerprint density at radius 2 is 2.19 bits per heavy atom. The molecule has 2 heterocycles. The quantitative estimate of drug-likeness (QED) is 0.802. The van der Waals surface area contributed by atoms with Crippen LogP contribution >= 0.6 is 0 Å². The fourth-order valence-corrected chi connectivity index (χ4v) is 3.29. The molecule has 0 amide bonds. The SMILES string of the molecule is O=S(=O)(CC1CCNC1)Nc1ccncc1. The van der Waals surface area contributed by atoms with Crippen LogP contribution in [0.1, 0.15) is 6.42 Å². The zero-order chi connectivity index (χ0) is 11.4. The number of hydrogen-bond donors (Lipinski definition) is 2. The predicted octanol–water partition coefficient (Wildman–Crippen LogP) is 0.433. The van der Waals surface area contributed by atoms with E-state index in [9.17, 15) is 8.42 Å². The lowest BCUT2D eigenvalue weighted by Crippen LogP contribution is -2.24. The smallest absolute Gasteiger partial charge is 0.233 e. The number of sulfonamides is 1. The van der Waals surface area contributed by atoms with Crippen LogP contribution < -0.4 is 10.0 Å². The number of aromatic nitrogens is 1. The fourth-order valence-electron chi connectivity index (χ4n) is 1.81. The number of pyridine rings is 1. The van der Waals surface area contributed by atoms with Crippen molar-refractivity contribution in [1.29, 1.82) is 0 Å². The van der Waals surface area contributed by atoms with Crippen molar-refractivity contribution in [3.63, 3.8) is 0 Å². The molecular formula is C10H15N3O2S. The van der Waals surface area contributed by atoms with E-state index in [0.29, 0.717) is 5.69 Å². The van der Waals surface area contributed by atoms with Gasteiger partial charge in [-0.25, -0.2) is 8.42 Å². The first-order valence-corrected chi connectivity index (χ1v) is 6.92. The van der Waals surface area contributed by atoms with Crippen molar-refractivity contribution in [3.05, 3.63) is 24.5 Å². The molecule has 1 unspecified atom stereocenters. The number of hydrogen-bond acceptors (Lipinski definition) is 4. The molecule has 1 aliphatic heterocycles. The lowest BCUT2D eigenvalue weighted by molar-refractivity contribution is 0.575. The Morgan fingerprint density at radius 3 is 2.81 bits per heavy atom. The average molecular weight is 241 g/mol. The first-order valence-electron chi connectivity index (χ1n) is 5.27. The summed E-state index contributed by atoms with van der Waals surface area (Å²) < 4.78 is 26.1. The molecule has 0 radical (unpaired) electrons. The highest BCUT2D eigenvalue weighted by atomic mass is 32.2. The molecule has 0 aliphatic carbocycles. The molecule has 88 valence electrons. The molecule has 1 aromatic heterocycles. The molecule has 5 nitrogen and oxygen atoms in total. The topological polar surface area (TPSA) is 71.1 Å². The molecule has 2 rings (SSSR count). The van der Waals surface area contributed by atoms with Crippen LogP contribution in [-0.2, 0) is 10.0 Å². The van der Waals surface area contributed by atoms with Gasteiger partial charge in [-0.1, -0.05) is 0 Å². The maximum absolute atomic E-state index is 11.8. The second-order valence-electron chi connectivity index (χ2n) is 3.98. The van der Waals surface area contributed by atoms with E-state index in [1.165, 1.54) is 0 Å². The molecule has 0 saturated carbocycles. The Bertz CT molecular complexity index is 427. The van der Waals surface area contributed by atoms with Crippen LogP contribution in [-0.4, -0.2) is 32.2 Å². The van der Waals surface area contributed by atoms with Crippen LogP contribution in [0.5, 0.6) is 0 Å². The Hall–Kier alpha value is -1.14. The van der Waals surface area contributed by atoms with Gasteiger partial charge in [0.2, 0.25) is 10.0 Å². The zero-order valence-corrected chi connectivity index (χ0v) is 9.70. The van der Waals surface area contributed by atoms with Crippen molar-refractivity contribution in [2.75, 3.05) is 23.6 Å². The maximum Gasteiger partial charge on any atom is 0.233 e. The van der Waals surface area contributed by atoms with Crippen molar-refractivity contribution in [3.8, 4) is 0 Å². The molecule has 1 aliphatic rings. The van der Waals surface area contributed by atoms with Crippen molar-refractivity contribution in [1.82, 2.24) is 10.3 Å². The summed E-state index contributed by atoms with van der Waals surface area (Å²) in [5, 5.41) is 3.16. The number of anilines is 1. The van der Waals surface area contributed by atoms with Gasteiger partial charge in [-0.3, -0.25) is 9.71 Å². The third-order valence-corrected chi connectivity index (χ3v) is 4.03. The van der Waals surface area contributed by atoms with E-state index in [2.05, 4.69) is 15.0 Å². The van der Waals surface area contributed by atoms with Gasteiger partial charge in [-0.05, 0) is 37.6 Å². The van der Waals surface area contributed by atoms with Gasteiger partial charge in [0.25, 0.3) is 0 Å². The minimum Gasteiger partial charge on any atom is -0.316 e. The summed E-state index contributed by atoms with van der Waals surface area (Å²) in [6, 6.07) is 3.29. The molecule has 1 fully saturated rings. The zero-order valence-electron chi connectivity index (χ0n) is 8.89. The van der Waals surface area contributed by atoms with Crippen LogP contribution in [0.25, 0.3) is 0 Å². The van der Waals surface area contributed by atoms with Crippen molar-refractivity contribution >= 4 is 15.7 Å².